The summed E-state index contributed by atoms with van der Waals surface area (Å²) in [4.78, 5) is 2.26. The Labute approximate surface area is 102 Å². The zero-order valence-electron chi connectivity index (χ0n) is 10.9. The van der Waals surface area contributed by atoms with Gasteiger partial charge in [0.1, 0.15) is 0 Å². The van der Waals surface area contributed by atoms with Gasteiger partial charge in [-0.05, 0) is 33.2 Å². The largest absolute Gasteiger partial charge is 0.392 e. The molecule has 4 heteroatoms. The summed E-state index contributed by atoms with van der Waals surface area (Å²) >= 11 is 0. The fraction of sp³-hybridized carbons (Fsp3) is 0.846. The topological polar surface area (TPSA) is 3.01 Å². The molecule has 1 rings (SSSR count). The smallest absolute Gasteiger partial charge is 0.295 e. The highest BCUT2D eigenvalue weighted by Crippen LogP contribution is 2.47. The Morgan fingerprint density at radius 1 is 1.35 bits per heavy atom. The molecule has 0 aromatic heterocycles. The first-order valence-electron chi connectivity index (χ1n) is 6.19. The molecule has 1 aliphatic rings. The molecule has 0 radical (unpaired) electrons. The summed E-state index contributed by atoms with van der Waals surface area (Å²) in [6.45, 7) is 7.80. The standard InChI is InChI=1S/C13H22F3N/c1-5-7-12(11(3)17(12)4)8-6-10(2)9-13(14,15)16/h11H,2,5-9H2,1,3-4H3/t11-,12?,17?/m1/s1. The molecule has 100 valence electrons. The van der Waals surface area contributed by atoms with E-state index in [2.05, 4.69) is 25.3 Å². The van der Waals surface area contributed by atoms with Crippen molar-refractivity contribution in [2.45, 2.75) is 63.7 Å². The summed E-state index contributed by atoms with van der Waals surface area (Å²) in [5.41, 5.74) is 0.434. The lowest BCUT2D eigenvalue weighted by Crippen LogP contribution is -2.18. The van der Waals surface area contributed by atoms with Crippen molar-refractivity contribution in [2.75, 3.05) is 7.05 Å². The maximum absolute atomic E-state index is 12.2. The zero-order valence-corrected chi connectivity index (χ0v) is 10.9. The van der Waals surface area contributed by atoms with E-state index in [1.807, 2.05) is 7.05 Å². The third kappa shape index (κ3) is 3.47. The SMILES string of the molecule is C=C(CCC1(CCC)[C@@H](C)N1C)CC(F)(F)F. The molecule has 1 saturated heterocycles. The van der Waals surface area contributed by atoms with Gasteiger partial charge in [-0.3, -0.25) is 4.90 Å². The van der Waals surface area contributed by atoms with Crippen LogP contribution in [0, 0.1) is 0 Å². The second-order valence-corrected chi connectivity index (χ2v) is 5.18. The summed E-state index contributed by atoms with van der Waals surface area (Å²) in [5, 5.41) is 0. The van der Waals surface area contributed by atoms with Crippen LogP contribution in [0.4, 0.5) is 13.2 Å². The van der Waals surface area contributed by atoms with Crippen molar-refractivity contribution >= 4 is 0 Å². The van der Waals surface area contributed by atoms with Crippen LogP contribution < -0.4 is 0 Å². The van der Waals surface area contributed by atoms with Gasteiger partial charge in [-0.25, -0.2) is 0 Å². The van der Waals surface area contributed by atoms with Crippen molar-refractivity contribution in [1.29, 1.82) is 0 Å². The van der Waals surface area contributed by atoms with Crippen LogP contribution in [0.3, 0.4) is 0 Å². The van der Waals surface area contributed by atoms with Gasteiger partial charge in [-0.15, -0.1) is 0 Å². The van der Waals surface area contributed by atoms with Crippen LogP contribution in [0.5, 0.6) is 0 Å². The van der Waals surface area contributed by atoms with Crippen LogP contribution in [0.15, 0.2) is 12.2 Å². The number of halogens is 3. The average Bonchev–Trinajstić information content (AvgIpc) is 2.67. The average molecular weight is 249 g/mol. The van der Waals surface area contributed by atoms with E-state index in [1.165, 1.54) is 0 Å². The molecular weight excluding hydrogens is 227 g/mol. The predicted octanol–water partition coefficient (Wildman–Crippen LogP) is 4.15. The molecule has 3 atom stereocenters. The molecule has 0 aliphatic carbocycles. The molecule has 0 amide bonds. The van der Waals surface area contributed by atoms with Gasteiger partial charge in [0.15, 0.2) is 0 Å². The van der Waals surface area contributed by atoms with Crippen molar-refractivity contribution in [3.05, 3.63) is 12.2 Å². The van der Waals surface area contributed by atoms with Crippen molar-refractivity contribution in [3.63, 3.8) is 0 Å². The van der Waals surface area contributed by atoms with Crippen LogP contribution in [-0.4, -0.2) is 29.7 Å². The van der Waals surface area contributed by atoms with Gasteiger partial charge in [-0.2, -0.15) is 13.2 Å². The minimum Gasteiger partial charge on any atom is -0.295 e. The lowest BCUT2D eigenvalue weighted by Gasteiger charge is -2.17. The van der Waals surface area contributed by atoms with Gasteiger partial charge < -0.3 is 0 Å². The van der Waals surface area contributed by atoms with E-state index in [1.54, 1.807) is 0 Å². The predicted molar refractivity (Wildman–Crippen MR) is 63.9 cm³/mol. The minimum atomic E-state index is -4.12. The van der Waals surface area contributed by atoms with Crippen LogP contribution in [0.25, 0.3) is 0 Å². The Bertz CT molecular complexity index is 275. The van der Waals surface area contributed by atoms with E-state index < -0.39 is 12.6 Å². The van der Waals surface area contributed by atoms with E-state index in [0.717, 1.165) is 19.3 Å². The first-order valence-corrected chi connectivity index (χ1v) is 6.19. The first-order chi connectivity index (χ1) is 7.73. The quantitative estimate of drug-likeness (QED) is 0.505. The van der Waals surface area contributed by atoms with Crippen LogP contribution in [-0.2, 0) is 0 Å². The van der Waals surface area contributed by atoms with Gasteiger partial charge in [0.2, 0.25) is 0 Å². The molecule has 0 saturated carbocycles. The number of hydrogen-bond donors (Lipinski definition) is 0. The van der Waals surface area contributed by atoms with Gasteiger partial charge in [0, 0.05) is 11.6 Å². The summed E-state index contributed by atoms with van der Waals surface area (Å²) in [6.07, 6.45) is -1.55. The number of likely N-dealkylation sites (N-methyl/N-ethyl adjacent to an activating group) is 1. The summed E-state index contributed by atoms with van der Waals surface area (Å²) in [6, 6.07) is 0.487. The van der Waals surface area contributed by atoms with E-state index in [0.29, 0.717) is 18.0 Å². The number of rotatable bonds is 6. The third-order valence-corrected chi connectivity index (χ3v) is 4.04. The second kappa shape index (κ2) is 5.01. The molecule has 0 aromatic carbocycles. The molecule has 0 spiro atoms. The molecule has 0 N–H and O–H groups in total. The molecule has 1 heterocycles. The number of hydrogen-bond acceptors (Lipinski definition) is 1. The van der Waals surface area contributed by atoms with E-state index in [-0.39, 0.29) is 5.54 Å². The Kier molecular flexibility index (Phi) is 4.28. The summed E-state index contributed by atoms with van der Waals surface area (Å²) in [5.74, 6) is 0. The number of allylic oxidation sites excluding steroid dienone is 1. The highest BCUT2D eigenvalue weighted by Gasteiger charge is 2.55. The van der Waals surface area contributed by atoms with Crippen molar-refractivity contribution in [3.8, 4) is 0 Å². The van der Waals surface area contributed by atoms with E-state index in [9.17, 15) is 13.2 Å². The third-order valence-electron chi connectivity index (χ3n) is 4.04. The van der Waals surface area contributed by atoms with Crippen LogP contribution in [0.2, 0.25) is 0 Å². The molecule has 0 aromatic rings. The van der Waals surface area contributed by atoms with Gasteiger partial charge in [0.05, 0.1) is 6.42 Å². The molecule has 1 fully saturated rings. The van der Waals surface area contributed by atoms with Gasteiger partial charge in [-0.1, -0.05) is 25.5 Å². The van der Waals surface area contributed by atoms with E-state index >= 15 is 0 Å². The molecule has 2 unspecified atom stereocenters. The van der Waals surface area contributed by atoms with Crippen molar-refractivity contribution < 1.29 is 13.2 Å². The highest BCUT2D eigenvalue weighted by molar-refractivity contribution is 5.14. The van der Waals surface area contributed by atoms with Crippen molar-refractivity contribution in [2.24, 2.45) is 0 Å². The molecular formula is C13H22F3N. The number of nitrogens with zero attached hydrogens (tertiary/aromatic N) is 1. The van der Waals surface area contributed by atoms with Crippen LogP contribution in [0.1, 0.15) is 46.0 Å². The Hall–Kier alpha value is -0.510. The monoisotopic (exact) mass is 249 g/mol. The molecule has 17 heavy (non-hydrogen) atoms. The normalized spacial score (nSPS) is 32.6. The fourth-order valence-electron chi connectivity index (χ4n) is 2.81. The van der Waals surface area contributed by atoms with Crippen molar-refractivity contribution in [1.82, 2.24) is 4.90 Å². The van der Waals surface area contributed by atoms with Gasteiger partial charge >= 0.3 is 6.18 Å². The number of alkyl halides is 3. The Morgan fingerprint density at radius 2 is 1.88 bits per heavy atom. The minimum absolute atomic E-state index is 0.128. The maximum atomic E-state index is 12.2. The van der Waals surface area contributed by atoms with Crippen LogP contribution >= 0.6 is 0 Å². The maximum Gasteiger partial charge on any atom is 0.392 e. The molecule has 1 nitrogen and oxygen atoms in total. The highest BCUT2D eigenvalue weighted by atomic mass is 19.4. The Morgan fingerprint density at radius 3 is 2.24 bits per heavy atom. The molecule has 1 aliphatic heterocycles. The Balaban J connectivity index is 2.42. The van der Waals surface area contributed by atoms with E-state index in [4.69, 9.17) is 0 Å². The zero-order chi connectivity index (χ0) is 13.3. The first kappa shape index (κ1) is 14.6. The molecule has 0 bridgehead atoms. The van der Waals surface area contributed by atoms with Gasteiger partial charge in [0.25, 0.3) is 0 Å². The second-order valence-electron chi connectivity index (χ2n) is 5.18. The summed E-state index contributed by atoms with van der Waals surface area (Å²) in [7, 11) is 2.05. The fourth-order valence-corrected chi connectivity index (χ4v) is 2.81. The lowest BCUT2D eigenvalue weighted by atomic mass is 9.91. The lowest BCUT2D eigenvalue weighted by molar-refractivity contribution is -0.127. The summed E-state index contributed by atoms with van der Waals surface area (Å²) < 4.78 is 36.5.